The Balaban J connectivity index is 1.95. The number of alkyl halides is 1. The zero-order valence-corrected chi connectivity index (χ0v) is 16.0. The number of aromatic hydroxyl groups is 1. The number of phenols is 1. The second-order valence-electron chi connectivity index (χ2n) is 6.49. The average molecular weight is 435 g/mol. The van der Waals surface area contributed by atoms with Crippen LogP contribution in [-0.4, -0.2) is 34.1 Å². The number of hydrogen-bond acceptors (Lipinski definition) is 3. The third-order valence-corrected chi connectivity index (χ3v) is 5.70. The molecule has 0 saturated carbocycles. The molecule has 1 atom stereocenters. The molecule has 1 heterocycles. The highest BCUT2D eigenvalue weighted by atomic mass is 127. The molecule has 1 aliphatic heterocycles. The van der Waals surface area contributed by atoms with Gasteiger partial charge in [0, 0.05) is 22.6 Å². The molecular formula is C20H22INO2. The summed E-state index contributed by atoms with van der Waals surface area (Å²) in [5.74, 6) is 1.28. The van der Waals surface area contributed by atoms with E-state index in [9.17, 15) is 5.11 Å². The average Bonchev–Trinajstić information content (AvgIpc) is 2.61. The van der Waals surface area contributed by atoms with Crippen LogP contribution in [0.5, 0.6) is 11.5 Å². The third kappa shape index (κ3) is 2.60. The summed E-state index contributed by atoms with van der Waals surface area (Å²) in [6.07, 6.45) is 2.10. The van der Waals surface area contributed by atoms with E-state index in [1.165, 1.54) is 22.3 Å². The zero-order valence-electron chi connectivity index (χ0n) is 13.9. The van der Waals surface area contributed by atoms with Gasteiger partial charge in [0.15, 0.2) is 0 Å². The molecule has 2 aliphatic rings. The number of phenolic OH excluding ortho intramolecular Hbond substituents is 1. The van der Waals surface area contributed by atoms with Crippen LogP contribution in [-0.2, 0) is 12.8 Å². The van der Waals surface area contributed by atoms with Gasteiger partial charge in [-0.2, -0.15) is 0 Å². The van der Waals surface area contributed by atoms with Crippen molar-refractivity contribution in [2.75, 3.05) is 24.1 Å². The van der Waals surface area contributed by atoms with Gasteiger partial charge in [-0.25, -0.2) is 0 Å². The molecule has 3 nitrogen and oxygen atoms in total. The first-order valence-corrected chi connectivity index (χ1v) is 10.2. The van der Waals surface area contributed by atoms with Crippen molar-refractivity contribution in [3.05, 3.63) is 47.0 Å². The van der Waals surface area contributed by atoms with Crippen molar-refractivity contribution in [1.29, 1.82) is 0 Å². The van der Waals surface area contributed by atoms with Crippen LogP contribution in [0.4, 0.5) is 0 Å². The zero-order chi connectivity index (χ0) is 16.7. The highest BCUT2D eigenvalue weighted by Gasteiger charge is 2.35. The minimum Gasteiger partial charge on any atom is -0.508 e. The largest absolute Gasteiger partial charge is 0.508 e. The Kier molecular flexibility index (Phi) is 4.43. The molecule has 0 spiro atoms. The molecule has 2 aromatic carbocycles. The standard InChI is InChI=1S/C20H22INO2/c1-2-22-9-7-13-4-6-18(24-10-8-21)20-16-12-15(23)5-3-14(16)11-17(22)19(13)20/h3-6,12,17,23H,2,7-11H2,1H3/t17-/m1/s1. The van der Waals surface area contributed by atoms with E-state index in [0.29, 0.717) is 18.4 Å². The third-order valence-electron chi connectivity index (χ3n) is 5.26. The Hall–Kier alpha value is -1.27. The fraction of sp³-hybridized carbons (Fsp3) is 0.400. The molecule has 24 heavy (non-hydrogen) atoms. The summed E-state index contributed by atoms with van der Waals surface area (Å²) in [7, 11) is 0. The van der Waals surface area contributed by atoms with E-state index in [2.05, 4.69) is 52.6 Å². The van der Waals surface area contributed by atoms with Crippen LogP contribution in [0.1, 0.15) is 29.7 Å². The highest BCUT2D eigenvalue weighted by Crippen LogP contribution is 2.49. The molecule has 1 aliphatic carbocycles. The smallest absolute Gasteiger partial charge is 0.127 e. The van der Waals surface area contributed by atoms with Crippen LogP contribution < -0.4 is 4.74 Å². The topological polar surface area (TPSA) is 32.7 Å². The monoisotopic (exact) mass is 435 g/mol. The number of benzene rings is 2. The Morgan fingerprint density at radius 1 is 1.25 bits per heavy atom. The minimum atomic E-state index is 0.327. The van der Waals surface area contributed by atoms with Crippen LogP contribution in [0, 0.1) is 0 Å². The van der Waals surface area contributed by atoms with Crippen molar-refractivity contribution in [2.45, 2.75) is 25.8 Å². The number of rotatable bonds is 4. The first kappa shape index (κ1) is 16.2. The maximum atomic E-state index is 10.0. The van der Waals surface area contributed by atoms with Crippen molar-refractivity contribution in [3.63, 3.8) is 0 Å². The SMILES string of the molecule is CCN1CCc2ccc(OCCI)c3c2[C@H]1Cc1ccc(O)cc1-3. The second kappa shape index (κ2) is 6.56. The van der Waals surface area contributed by atoms with Crippen LogP contribution >= 0.6 is 22.6 Å². The predicted molar refractivity (Wildman–Crippen MR) is 105 cm³/mol. The fourth-order valence-electron chi connectivity index (χ4n) is 4.18. The molecule has 126 valence electrons. The molecule has 0 unspecified atom stereocenters. The molecule has 0 saturated heterocycles. The predicted octanol–water partition coefficient (Wildman–Crippen LogP) is 4.35. The Morgan fingerprint density at radius 2 is 2.08 bits per heavy atom. The summed E-state index contributed by atoms with van der Waals surface area (Å²) in [6.45, 7) is 5.14. The second-order valence-corrected chi connectivity index (χ2v) is 7.57. The summed E-state index contributed by atoms with van der Waals surface area (Å²) < 4.78 is 7.05. The summed E-state index contributed by atoms with van der Waals surface area (Å²) in [4.78, 5) is 2.57. The lowest BCUT2D eigenvalue weighted by Gasteiger charge is -2.41. The maximum absolute atomic E-state index is 10.0. The van der Waals surface area contributed by atoms with E-state index in [0.717, 1.165) is 41.7 Å². The Labute approximate surface area is 156 Å². The molecule has 2 aromatic rings. The van der Waals surface area contributed by atoms with Crippen LogP contribution in [0.15, 0.2) is 30.3 Å². The van der Waals surface area contributed by atoms with Crippen molar-refractivity contribution in [2.24, 2.45) is 0 Å². The van der Waals surface area contributed by atoms with Crippen LogP contribution in [0.3, 0.4) is 0 Å². The van der Waals surface area contributed by atoms with Gasteiger partial charge in [-0.15, -0.1) is 0 Å². The molecule has 0 amide bonds. The lowest BCUT2D eigenvalue weighted by Crippen LogP contribution is -2.38. The fourth-order valence-corrected chi connectivity index (χ4v) is 4.40. The van der Waals surface area contributed by atoms with E-state index >= 15 is 0 Å². The number of likely N-dealkylation sites (N-methyl/N-ethyl adjacent to an activating group) is 1. The Bertz CT molecular complexity index is 774. The van der Waals surface area contributed by atoms with Gasteiger partial charge in [0.25, 0.3) is 0 Å². The lowest BCUT2D eigenvalue weighted by atomic mass is 9.76. The quantitative estimate of drug-likeness (QED) is 0.573. The molecule has 4 heteroatoms. The number of nitrogens with zero attached hydrogens (tertiary/aromatic N) is 1. The number of halogens is 1. The van der Waals surface area contributed by atoms with E-state index in [4.69, 9.17) is 4.74 Å². The van der Waals surface area contributed by atoms with Gasteiger partial charge in [-0.3, -0.25) is 4.90 Å². The van der Waals surface area contributed by atoms with Crippen molar-refractivity contribution in [3.8, 4) is 22.6 Å². The van der Waals surface area contributed by atoms with Crippen molar-refractivity contribution in [1.82, 2.24) is 4.90 Å². The van der Waals surface area contributed by atoms with E-state index < -0.39 is 0 Å². The van der Waals surface area contributed by atoms with E-state index in [-0.39, 0.29) is 0 Å². The number of ether oxygens (including phenoxy) is 1. The highest BCUT2D eigenvalue weighted by molar-refractivity contribution is 14.1. The van der Waals surface area contributed by atoms with E-state index in [1.807, 2.05) is 6.07 Å². The van der Waals surface area contributed by atoms with Crippen molar-refractivity contribution >= 4 is 22.6 Å². The molecule has 0 fully saturated rings. The van der Waals surface area contributed by atoms with Gasteiger partial charge < -0.3 is 9.84 Å². The van der Waals surface area contributed by atoms with Gasteiger partial charge in [-0.05, 0) is 59.8 Å². The van der Waals surface area contributed by atoms with E-state index in [1.54, 1.807) is 6.07 Å². The first-order chi connectivity index (χ1) is 11.7. The van der Waals surface area contributed by atoms with Gasteiger partial charge in [0.1, 0.15) is 11.5 Å². The summed E-state index contributed by atoms with van der Waals surface area (Å²) in [6, 6.07) is 10.6. The summed E-state index contributed by atoms with van der Waals surface area (Å²) in [5, 5.41) is 10.0. The molecular weight excluding hydrogens is 413 g/mol. The van der Waals surface area contributed by atoms with Gasteiger partial charge in [0.2, 0.25) is 0 Å². The minimum absolute atomic E-state index is 0.327. The van der Waals surface area contributed by atoms with Crippen LogP contribution in [0.2, 0.25) is 0 Å². The lowest BCUT2D eigenvalue weighted by molar-refractivity contribution is 0.192. The Morgan fingerprint density at radius 3 is 2.88 bits per heavy atom. The molecule has 1 N–H and O–H groups in total. The number of hydrogen-bond donors (Lipinski definition) is 1. The maximum Gasteiger partial charge on any atom is 0.127 e. The van der Waals surface area contributed by atoms with Gasteiger partial charge >= 0.3 is 0 Å². The molecule has 4 rings (SSSR count). The van der Waals surface area contributed by atoms with Gasteiger partial charge in [0.05, 0.1) is 6.61 Å². The van der Waals surface area contributed by atoms with Crippen LogP contribution in [0.25, 0.3) is 11.1 Å². The first-order valence-electron chi connectivity index (χ1n) is 8.63. The summed E-state index contributed by atoms with van der Waals surface area (Å²) in [5.41, 5.74) is 6.52. The number of fused-ring (bicyclic) bond motifs is 2. The molecule has 0 radical (unpaired) electrons. The van der Waals surface area contributed by atoms with Gasteiger partial charge in [-0.1, -0.05) is 41.6 Å². The van der Waals surface area contributed by atoms with Crippen molar-refractivity contribution < 1.29 is 9.84 Å². The summed E-state index contributed by atoms with van der Waals surface area (Å²) >= 11 is 2.34. The molecule has 0 aromatic heterocycles. The molecule has 0 bridgehead atoms. The normalized spacial score (nSPS) is 18.8.